The standard InChI is InChI=1S/C12H15N3/c1-2-9-3-5-10(6-4-9)7-11-8-12(13)15-14-11/h3-6,8H,2,7H2,1H3,(H3,13,14,15). The van der Waals surface area contributed by atoms with Gasteiger partial charge < -0.3 is 5.73 Å². The van der Waals surface area contributed by atoms with E-state index in [9.17, 15) is 0 Å². The molecule has 1 aromatic carbocycles. The van der Waals surface area contributed by atoms with Gasteiger partial charge in [0.2, 0.25) is 0 Å². The van der Waals surface area contributed by atoms with Crippen LogP contribution in [0.5, 0.6) is 0 Å². The van der Waals surface area contributed by atoms with Gasteiger partial charge in [-0.25, -0.2) is 0 Å². The topological polar surface area (TPSA) is 54.7 Å². The van der Waals surface area contributed by atoms with E-state index in [2.05, 4.69) is 41.4 Å². The molecule has 0 saturated heterocycles. The van der Waals surface area contributed by atoms with E-state index in [1.807, 2.05) is 6.07 Å². The van der Waals surface area contributed by atoms with E-state index >= 15 is 0 Å². The summed E-state index contributed by atoms with van der Waals surface area (Å²) in [6, 6.07) is 10.5. The number of benzene rings is 1. The summed E-state index contributed by atoms with van der Waals surface area (Å²) in [7, 11) is 0. The number of hydrogen-bond donors (Lipinski definition) is 2. The molecule has 1 aromatic heterocycles. The van der Waals surface area contributed by atoms with Crippen molar-refractivity contribution in [1.29, 1.82) is 0 Å². The molecule has 2 rings (SSSR count). The highest BCUT2D eigenvalue weighted by Gasteiger charge is 1.99. The Morgan fingerprint density at radius 1 is 1.20 bits per heavy atom. The lowest BCUT2D eigenvalue weighted by atomic mass is 10.1. The van der Waals surface area contributed by atoms with E-state index in [4.69, 9.17) is 5.73 Å². The summed E-state index contributed by atoms with van der Waals surface area (Å²) in [5.41, 5.74) is 9.23. The molecule has 78 valence electrons. The van der Waals surface area contributed by atoms with Crippen molar-refractivity contribution in [3.63, 3.8) is 0 Å². The number of aryl methyl sites for hydroxylation is 1. The Bertz CT molecular complexity index is 428. The lowest BCUT2D eigenvalue weighted by molar-refractivity contribution is 0.997. The highest BCUT2D eigenvalue weighted by Crippen LogP contribution is 2.10. The van der Waals surface area contributed by atoms with Gasteiger partial charge in [0.15, 0.2) is 0 Å². The second-order valence-electron chi connectivity index (χ2n) is 3.66. The van der Waals surface area contributed by atoms with Gasteiger partial charge in [0.1, 0.15) is 5.82 Å². The quantitative estimate of drug-likeness (QED) is 0.799. The summed E-state index contributed by atoms with van der Waals surface area (Å²) in [5.74, 6) is 0.551. The average Bonchev–Trinajstić information content (AvgIpc) is 2.65. The number of nitrogens with zero attached hydrogens (tertiary/aromatic N) is 1. The highest BCUT2D eigenvalue weighted by atomic mass is 15.1. The van der Waals surface area contributed by atoms with E-state index in [-0.39, 0.29) is 0 Å². The average molecular weight is 201 g/mol. The minimum atomic E-state index is 0.551. The van der Waals surface area contributed by atoms with Crippen LogP contribution in [-0.2, 0) is 12.8 Å². The minimum Gasteiger partial charge on any atom is -0.382 e. The Morgan fingerprint density at radius 2 is 1.87 bits per heavy atom. The van der Waals surface area contributed by atoms with E-state index in [1.54, 1.807) is 0 Å². The highest BCUT2D eigenvalue weighted by molar-refractivity contribution is 5.32. The molecule has 1 heterocycles. The first-order valence-corrected chi connectivity index (χ1v) is 5.15. The lowest BCUT2D eigenvalue weighted by Gasteiger charge is -2.00. The van der Waals surface area contributed by atoms with Crippen LogP contribution in [0.15, 0.2) is 30.3 Å². The summed E-state index contributed by atoms with van der Waals surface area (Å²) in [6.45, 7) is 2.16. The molecule has 2 aromatic rings. The van der Waals surface area contributed by atoms with Crippen LogP contribution < -0.4 is 5.73 Å². The number of nitrogens with two attached hydrogens (primary N) is 1. The van der Waals surface area contributed by atoms with Crippen LogP contribution >= 0.6 is 0 Å². The van der Waals surface area contributed by atoms with Crippen LogP contribution in [0, 0.1) is 0 Å². The fourth-order valence-corrected chi connectivity index (χ4v) is 1.58. The largest absolute Gasteiger partial charge is 0.382 e. The summed E-state index contributed by atoms with van der Waals surface area (Å²) in [6.07, 6.45) is 1.94. The van der Waals surface area contributed by atoms with Crippen molar-refractivity contribution in [2.24, 2.45) is 0 Å². The van der Waals surface area contributed by atoms with Gasteiger partial charge in [0.05, 0.1) is 0 Å². The van der Waals surface area contributed by atoms with Gasteiger partial charge in [0.25, 0.3) is 0 Å². The zero-order valence-electron chi connectivity index (χ0n) is 8.83. The minimum absolute atomic E-state index is 0.551. The van der Waals surface area contributed by atoms with Gasteiger partial charge in [-0.3, -0.25) is 5.10 Å². The fraction of sp³-hybridized carbons (Fsp3) is 0.250. The molecule has 0 saturated carbocycles. The Balaban J connectivity index is 2.11. The third-order valence-electron chi connectivity index (χ3n) is 2.48. The molecule has 0 unspecified atom stereocenters. The summed E-state index contributed by atoms with van der Waals surface area (Å²) in [4.78, 5) is 0. The van der Waals surface area contributed by atoms with Crippen LogP contribution in [0.2, 0.25) is 0 Å². The van der Waals surface area contributed by atoms with Gasteiger partial charge in [-0.1, -0.05) is 31.2 Å². The van der Waals surface area contributed by atoms with Crippen LogP contribution in [0.4, 0.5) is 5.82 Å². The summed E-state index contributed by atoms with van der Waals surface area (Å²) >= 11 is 0. The van der Waals surface area contributed by atoms with Gasteiger partial charge in [-0.2, -0.15) is 5.10 Å². The van der Waals surface area contributed by atoms with Crippen LogP contribution in [0.1, 0.15) is 23.7 Å². The maximum absolute atomic E-state index is 5.54. The first-order valence-electron chi connectivity index (χ1n) is 5.15. The first-order chi connectivity index (χ1) is 7.28. The first kappa shape index (κ1) is 9.77. The van der Waals surface area contributed by atoms with E-state index < -0.39 is 0 Å². The Morgan fingerprint density at radius 3 is 2.40 bits per heavy atom. The maximum Gasteiger partial charge on any atom is 0.145 e. The zero-order valence-corrected chi connectivity index (χ0v) is 8.83. The predicted octanol–water partition coefficient (Wildman–Crippen LogP) is 2.15. The number of rotatable bonds is 3. The number of nitrogens with one attached hydrogen (secondary N) is 1. The van der Waals surface area contributed by atoms with Gasteiger partial charge in [0, 0.05) is 18.2 Å². The Labute approximate surface area is 89.3 Å². The maximum atomic E-state index is 5.54. The number of H-pyrrole nitrogens is 1. The van der Waals surface area contributed by atoms with Crippen molar-refractivity contribution in [1.82, 2.24) is 10.2 Å². The number of hydrogen-bond acceptors (Lipinski definition) is 2. The van der Waals surface area contributed by atoms with Crippen LogP contribution in [0.3, 0.4) is 0 Å². The monoisotopic (exact) mass is 201 g/mol. The third-order valence-corrected chi connectivity index (χ3v) is 2.48. The lowest BCUT2D eigenvalue weighted by Crippen LogP contribution is -1.89. The summed E-state index contributed by atoms with van der Waals surface area (Å²) in [5, 5.41) is 6.81. The van der Waals surface area contributed by atoms with Crippen molar-refractivity contribution in [2.75, 3.05) is 5.73 Å². The SMILES string of the molecule is CCc1ccc(Cc2cc(N)n[nH]2)cc1. The molecule has 3 nitrogen and oxygen atoms in total. The van der Waals surface area contributed by atoms with Gasteiger partial charge in [-0.15, -0.1) is 0 Å². The molecule has 0 spiro atoms. The van der Waals surface area contributed by atoms with Crippen LogP contribution in [-0.4, -0.2) is 10.2 Å². The molecule has 0 radical (unpaired) electrons. The van der Waals surface area contributed by atoms with E-state index in [0.29, 0.717) is 5.82 Å². The van der Waals surface area contributed by atoms with Gasteiger partial charge in [-0.05, 0) is 17.5 Å². The van der Waals surface area contributed by atoms with Crippen molar-refractivity contribution < 1.29 is 0 Å². The Hall–Kier alpha value is -1.77. The third kappa shape index (κ3) is 2.37. The molecule has 0 fully saturated rings. The molecule has 3 heteroatoms. The molecule has 0 amide bonds. The van der Waals surface area contributed by atoms with Crippen molar-refractivity contribution in [3.8, 4) is 0 Å². The zero-order chi connectivity index (χ0) is 10.7. The second kappa shape index (κ2) is 4.17. The molecule has 0 bridgehead atoms. The van der Waals surface area contributed by atoms with Crippen molar-refractivity contribution in [3.05, 3.63) is 47.2 Å². The molecular formula is C12H15N3. The van der Waals surface area contributed by atoms with Gasteiger partial charge >= 0.3 is 0 Å². The smallest absolute Gasteiger partial charge is 0.145 e. The molecule has 3 N–H and O–H groups in total. The number of anilines is 1. The molecular weight excluding hydrogens is 186 g/mol. The molecule has 0 aliphatic rings. The fourth-order valence-electron chi connectivity index (χ4n) is 1.58. The second-order valence-corrected chi connectivity index (χ2v) is 3.66. The van der Waals surface area contributed by atoms with E-state index in [0.717, 1.165) is 18.5 Å². The summed E-state index contributed by atoms with van der Waals surface area (Å²) < 4.78 is 0. The molecule has 0 aliphatic heterocycles. The number of aromatic nitrogens is 2. The van der Waals surface area contributed by atoms with Crippen molar-refractivity contribution >= 4 is 5.82 Å². The predicted molar refractivity (Wildman–Crippen MR) is 61.6 cm³/mol. The Kier molecular flexibility index (Phi) is 2.72. The molecule has 0 atom stereocenters. The van der Waals surface area contributed by atoms with Crippen molar-refractivity contribution in [2.45, 2.75) is 19.8 Å². The number of nitrogen functional groups attached to an aromatic ring is 1. The molecule has 15 heavy (non-hydrogen) atoms. The van der Waals surface area contributed by atoms with E-state index in [1.165, 1.54) is 11.1 Å². The normalized spacial score (nSPS) is 10.5. The van der Waals surface area contributed by atoms with Crippen LogP contribution in [0.25, 0.3) is 0 Å². The molecule has 0 aliphatic carbocycles. The number of aromatic amines is 1.